The average Bonchev–Trinajstić information content (AvgIpc) is 3.38. The Bertz CT molecular complexity index is 813. The van der Waals surface area contributed by atoms with Crippen LogP contribution < -0.4 is 10.6 Å². The van der Waals surface area contributed by atoms with Gasteiger partial charge in [-0.25, -0.2) is 0 Å². The molecule has 2 amide bonds. The molecule has 3 rings (SSSR count). The van der Waals surface area contributed by atoms with Crippen molar-refractivity contribution < 1.29 is 9.59 Å². The first-order valence-corrected chi connectivity index (χ1v) is 8.73. The lowest BCUT2D eigenvalue weighted by molar-refractivity contribution is -0.117. The summed E-state index contributed by atoms with van der Waals surface area (Å²) in [6.45, 7) is 3.87. The van der Waals surface area contributed by atoms with Crippen LogP contribution in [0.3, 0.4) is 0 Å². The zero-order chi connectivity index (χ0) is 17.3. The molecule has 0 unspecified atom stereocenters. The number of benzene rings is 2. The lowest BCUT2D eigenvalue weighted by atomic mass is 10.1. The van der Waals surface area contributed by atoms with Crippen molar-refractivity contribution in [3.05, 3.63) is 57.6 Å². The monoisotopic (exact) mass is 386 g/mol. The maximum absolute atomic E-state index is 12.5. The van der Waals surface area contributed by atoms with Gasteiger partial charge in [-0.1, -0.05) is 28.1 Å². The van der Waals surface area contributed by atoms with Crippen LogP contribution in [0.5, 0.6) is 0 Å². The van der Waals surface area contributed by atoms with Gasteiger partial charge in [0.2, 0.25) is 5.91 Å². The molecule has 0 saturated heterocycles. The molecule has 0 spiro atoms. The van der Waals surface area contributed by atoms with Gasteiger partial charge < -0.3 is 10.6 Å². The molecular formula is C19H19BrN2O2. The minimum Gasteiger partial charge on any atom is -0.326 e. The van der Waals surface area contributed by atoms with E-state index in [4.69, 9.17) is 0 Å². The molecule has 24 heavy (non-hydrogen) atoms. The normalized spacial score (nSPS) is 13.5. The van der Waals surface area contributed by atoms with Crippen LogP contribution in [-0.2, 0) is 4.79 Å². The molecule has 1 fully saturated rings. The van der Waals surface area contributed by atoms with E-state index in [0.29, 0.717) is 11.3 Å². The highest BCUT2D eigenvalue weighted by atomic mass is 79.9. The van der Waals surface area contributed by atoms with Crippen LogP contribution in [0.15, 0.2) is 40.9 Å². The van der Waals surface area contributed by atoms with Crippen molar-refractivity contribution in [1.82, 2.24) is 0 Å². The van der Waals surface area contributed by atoms with Crippen LogP contribution in [0.2, 0.25) is 0 Å². The molecule has 0 atom stereocenters. The van der Waals surface area contributed by atoms with Gasteiger partial charge in [0.05, 0.1) is 0 Å². The van der Waals surface area contributed by atoms with Crippen molar-refractivity contribution in [2.75, 3.05) is 10.6 Å². The maximum atomic E-state index is 12.5. The van der Waals surface area contributed by atoms with E-state index in [2.05, 4.69) is 26.6 Å². The van der Waals surface area contributed by atoms with Crippen LogP contribution in [0.1, 0.15) is 34.3 Å². The maximum Gasteiger partial charge on any atom is 0.255 e. The Morgan fingerprint density at radius 2 is 1.71 bits per heavy atom. The first-order valence-electron chi connectivity index (χ1n) is 7.93. The number of hydrogen-bond donors (Lipinski definition) is 2. The van der Waals surface area contributed by atoms with E-state index in [1.165, 1.54) is 0 Å². The Morgan fingerprint density at radius 1 is 1.04 bits per heavy atom. The van der Waals surface area contributed by atoms with E-state index in [-0.39, 0.29) is 17.7 Å². The summed E-state index contributed by atoms with van der Waals surface area (Å²) in [5, 5.41) is 5.87. The second-order valence-corrected chi connectivity index (χ2v) is 7.01. The molecule has 0 bridgehead atoms. The van der Waals surface area contributed by atoms with Crippen molar-refractivity contribution in [2.45, 2.75) is 26.7 Å². The lowest BCUT2D eigenvalue weighted by Gasteiger charge is -2.13. The smallest absolute Gasteiger partial charge is 0.255 e. The first kappa shape index (κ1) is 16.7. The molecule has 0 heterocycles. The van der Waals surface area contributed by atoms with Gasteiger partial charge in [-0.2, -0.15) is 0 Å². The minimum absolute atomic E-state index is 0.0593. The summed E-state index contributed by atoms with van der Waals surface area (Å²) in [4.78, 5) is 24.4. The summed E-state index contributed by atoms with van der Waals surface area (Å²) in [5.74, 6) is 0.0288. The van der Waals surface area contributed by atoms with Gasteiger partial charge in [0.25, 0.3) is 5.91 Å². The van der Waals surface area contributed by atoms with E-state index in [1.807, 2.05) is 38.1 Å². The number of amides is 2. The largest absolute Gasteiger partial charge is 0.326 e. The topological polar surface area (TPSA) is 58.2 Å². The predicted molar refractivity (Wildman–Crippen MR) is 99.4 cm³/mol. The Kier molecular flexibility index (Phi) is 4.71. The van der Waals surface area contributed by atoms with Crippen LogP contribution in [0.4, 0.5) is 11.4 Å². The standard InChI is InChI=1S/C19H19BrN2O2/c1-11-6-7-14(10-15(11)20)19(24)22-17-5-3-4-16(12(17)2)21-18(23)13-8-9-13/h3-7,10,13H,8-9H2,1-2H3,(H,21,23)(H,22,24). The number of rotatable bonds is 4. The van der Waals surface area contributed by atoms with E-state index in [9.17, 15) is 9.59 Å². The number of nitrogens with one attached hydrogen (secondary N) is 2. The van der Waals surface area contributed by atoms with E-state index in [0.717, 1.165) is 34.1 Å². The summed E-state index contributed by atoms with van der Waals surface area (Å²) in [6.07, 6.45) is 1.92. The Morgan fingerprint density at radius 3 is 2.33 bits per heavy atom. The third kappa shape index (κ3) is 3.67. The van der Waals surface area contributed by atoms with Crippen LogP contribution in [-0.4, -0.2) is 11.8 Å². The first-order chi connectivity index (χ1) is 11.5. The van der Waals surface area contributed by atoms with E-state index < -0.39 is 0 Å². The number of anilines is 2. The second-order valence-electron chi connectivity index (χ2n) is 6.16. The van der Waals surface area contributed by atoms with Crippen molar-refractivity contribution in [1.29, 1.82) is 0 Å². The number of aryl methyl sites for hydroxylation is 1. The zero-order valence-corrected chi connectivity index (χ0v) is 15.2. The molecule has 0 aliphatic heterocycles. The molecule has 4 nitrogen and oxygen atoms in total. The van der Waals surface area contributed by atoms with Crippen molar-refractivity contribution in [2.24, 2.45) is 5.92 Å². The third-order valence-corrected chi connectivity index (χ3v) is 5.08. The van der Waals surface area contributed by atoms with Gasteiger partial charge in [0.15, 0.2) is 0 Å². The summed E-state index contributed by atoms with van der Waals surface area (Å²) in [6, 6.07) is 11.0. The molecule has 1 saturated carbocycles. The molecule has 0 aromatic heterocycles. The summed E-state index contributed by atoms with van der Waals surface area (Å²) in [7, 11) is 0. The van der Waals surface area contributed by atoms with Gasteiger partial charge in [-0.05, 0) is 62.1 Å². The average molecular weight is 387 g/mol. The Labute approximate surface area is 149 Å². The fourth-order valence-corrected chi connectivity index (χ4v) is 2.79. The molecule has 2 aromatic carbocycles. The van der Waals surface area contributed by atoms with Gasteiger partial charge >= 0.3 is 0 Å². The minimum atomic E-state index is -0.176. The highest BCUT2D eigenvalue weighted by molar-refractivity contribution is 9.10. The second kappa shape index (κ2) is 6.77. The fourth-order valence-electron chi connectivity index (χ4n) is 2.42. The van der Waals surface area contributed by atoms with Gasteiger partial charge in [0.1, 0.15) is 0 Å². The molecule has 5 heteroatoms. The van der Waals surface area contributed by atoms with Gasteiger partial charge in [-0.15, -0.1) is 0 Å². The van der Waals surface area contributed by atoms with E-state index >= 15 is 0 Å². The molecule has 1 aliphatic rings. The van der Waals surface area contributed by atoms with Crippen LogP contribution in [0.25, 0.3) is 0 Å². The summed E-state index contributed by atoms with van der Waals surface area (Å²) in [5.41, 5.74) is 3.96. The Balaban J connectivity index is 1.77. The number of halogens is 1. The molecule has 2 N–H and O–H groups in total. The number of hydrogen-bond acceptors (Lipinski definition) is 2. The Hall–Kier alpha value is -2.14. The predicted octanol–water partition coefficient (Wildman–Crippen LogP) is 4.67. The zero-order valence-electron chi connectivity index (χ0n) is 13.7. The van der Waals surface area contributed by atoms with Crippen molar-refractivity contribution >= 4 is 39.1 Å². The lowest BCUT2D eigenvalue weighted by Crippen LogP contribution is -2.16. The van der Waals surface area contributed by atoms with Crippen LogP contribution >= 0.6 is 15.9 Å². The highest BCUT2D eigenvalue weighted by Crippen LogP contribution is 2.31. The quantitative estimate of drug-likeness (QED) is 0.801. The molecule has 0 radical (unpaired) electrons. The molecule has 2 aromatic rings. The van der Waals surface area contributed by atoms with Crippen LogP contribution in [0, 0.1) is 19.8 Å². The SMILES string of the molecule is Cc1ccc(C(=O)Nc2cccc(NC(=O)C3CC3)c2C)cc1Br. The van der Waals surface area contributed by atoms with Gasteiger partial charge in [-0.3, -0.25) is 9.59 Å². The number of carbonyl (C=O) groups is 2. The number of carbonyl (C=O) groups excluding carboxylic acids is 2. The van der Waals surface area contributed by atoms with Crippen molar-refractivity contribution in [3.8, 4) is 0 Å². The molecular weight excluding hydrogens is 368 g/mol. The van der Waals surface area contributed by atoms with E-state index in [1.54, 1.807) is 12.1 Å². The summed E-state index contributed by atoms with van der Waals surface area (Å²) >= 11 is 3.44. The fraction of sp³-hybridized carbons (Fsp3) is 0.263. The molecule has 124 valence electrons. The van der Waals surface area contributed by atoms with Gasteiger partial charge in [0, 0.05) is 27.3 Å². The summed E-state index contributed by atoms with van der Waals surface area (Å²) < 4.78 is 0.900. The highest BCUT2D eigenvalue weighted by Gasteiger charge is 2.29. The molecule has 1 aliphatic carbocycles. The third-order valence-electron chi connectivity index (χ3n) is 4.22. The van der Waals surface area contributed by atoms with Crippen molar-refractivity contribution in [3.63, 3.8) is 0 Å².